The van der Waals surface area contributed by atoms with Gasteiger partial charge in [0.2, 0.25) is 0 Å². The Hall–Kier alpha value is -1.32. The molecule has 0 N–H and O–H groups in total. The van der Waals surface area contributed by atoms with E-state index in [0.717, 1.165) is 37.7 Å². The molecule has 4 nitrogen and oxygen atoms in total. The number of hydrogen-bond donors (Lipinski definition) is 0. The van der Waals surface area contributed by atoms with E-state index in [9.17, 15) is 9.59 Å². The Morgan fingerprint density at radius 2 is 1.58 bits per heavy atom. The van der Waals surface area contributed by atoms with Crippen molar-refractivity contribution in [3.8, 4) is 0 Å². The number of rotatable bonds is 9. The summed E-state index contributed by atoms with van der Waals surface area (Å²) in [5, 5.41) is 0. The number of esters is 2. The molecular weight excluding hydrogens is 244 g/mol. The summed E-state index contributed by atoms with van der Waals surface area (Å²) >= 11 is 0. The van der Waals surface area contributed by atoms with Crippen LogP contribution < -0.4 is 0 Å². The maximum absolute atomic E-state index is 11.1. The Morgan fingerprint density at radius 3 is 2.00 bits per heavy atom. The molecule has 0 aliphatic carbocycles. The molecule has 0 aliphatic rings. The molecule has 0 saturated heterocycles. The lowest BCUT2D eigenvalue weighted by molar-refractivity contribution is -0.178. The number of carbonyl (C=O) groups is 2. The molecule has 0 fully saturated rings. The number of ether oxygens (including phenoxy) is 2. The topological polar surface area (TPSA) is 52.6 Å². The fraction of sp³-hybridized carbons (Fsp3) is 0.733. The van der Waals surface area contributed by atoms with E-state index in [4.69, 9.17) is 9.47 Å². The Labute approximate surface area is 116 Å². The first-order valence-electron chi connectivity index (χ1n) is 7.04. The van der Waals surface area contributed by atoms with Crippen molar-refractivity contribution >= 4 is 11.9 Å². The van der Waals surface area contributed by atoms with Gasteiger partial charge < -0.3 is 9.47 Å². The first-order valence-corrected chi connectivity index (χ1v) is 7.04. The van der Waals surface area contributed by atoms with Crippen LogP contribution in [0, 0.1) is 0 Å². The second-order valence-corrected chi connectivity index (χ2v) is 4.58. The highest BCUT2D eigenvalue weighted by molar-refractivity contribution is 5.68. The third-order valence-electron chi connectivity index (χ3n) is 2.60. The number of unbranched alkanes of at least 4 members (excludes halogenated alkanes) is 3. The normalized spacial score (nSPS) is 11.5. The summed E-state index contributed by atoms with van der Waals surface area (Å²) in [5.41, 5.74) is 0.879. The first kappa shape index (κ1) is 17.7. The zero-order valence-corrected chi connectivity index (χ0v) is 12.5. The SMILES string of the molecule is CCCCCC=C(CCC)C(OC(C)=O)OC(C)=O. The van der Waals surface area contributed by atoms with Gasteiger partial charge in [-0.25, -0.2) is 0 Å². The van der Waals surface area contributed by atoms with Gasteiger partial charge in [0, 0.05) is 19.4 Å². The summed E-state index contributed by atoms with van der Waals surface area (Å²) in [6, 6.07) is 0. The molecule has 0 unspecified atom stereocenters. The van der Waals surface area contributed by atoms with E-state index >= 15 is 0 Å². The highest BCUT2D eigenvalue weighted by Gasteiger charge is 2.19. The Bertz CT molecular complexity index is 291. The molecule has 110 valence electrons. The summed E-state index contributed by atoms with van der Waals surface area (Å²) in [6.07, 6.45) is 7.19. The Morgan fingerprint density at radius 1 is 1.00 bits per heavy atom. The van der Waals surface area contributed by atoms with Gasteiger partial charge in [-0.15, -0.1) is 0 Å². The van der Waals surface area contributed by atoms with Gasteiger partial charge >= 0.3 is 11.9 Å². The second kappa shape index (κ2) is 10.6. The number of carbonyl (C=O) groups excluding carboxylic acids is 2. The summed E-state index contributed by atoms with van der Waals surface area (Å²) in [5.74, 6) is -0.886. The molecular formula is C15H26O4. The predicted molar refractivity (Wildman–Crippen MR) is 74.5 cm³/mol. The molecule has 0 aromatic heterocycles. The van der Waals surface area contributed by atoms with Crippen molar-refractivity contribution in [1.82, 2.24) is 0 Å². The second-order valence-electron chi connectivity index (χ2n) is 4.58. The van der Waals surface area contributed by atoms with Crippen molar-refractivity contribution in [2.24, 2.45) is 0 Å². The van der Waals surface area contributed by atoms with Crippen molar-refractivity contribution in [2.75, 3.05) is 0 Å². The minimum absolute atomic E-state index is 0.443. The van der Waals surface area contributed by atoms with E-state index in [0.29, 0.717) is 0 Å². The average Bonchev–Trinajstić information content (AvgIpc) is 2.31. The summed E-state index contributed by atoms with van der Waals surface area (Å²) < 4.78 is 10.2. The molecule has 0 radical (unpaired) electrons. The molecule has 19 heavy (non-hydrogen) atoms. The van der Waals surface area contributed by atoms with Crippen LogP contribution in [0.4, 0.5) is 0 Å². The van der Waals surface area contributed by atoms with E-state index in [1.165, 1.54) is 20.3 Å². The van der Waals surface area contributed by atoms with Crippen molar-refractivity contribution in [2.45, 2.75) is 72.5 Å². The van der Waals surface area contributed by atoms with E-state index < -0.39 is 18.2 Å². The molecule has 0 heterocycles. The number of allylic oxidation sites excluding steroid dienone is 1. The summed E-state index contributed by atoms with van der Waals surface area (Å²) in [4.78, 5) is 22.2. The molecule has 4 heteroatoms. The van der Waals surface area contributed by atoms with Crippen LogP contribution in [0.2, 0.25) is 0 Å². The van der Waals surface area contributed by atoms with Gasteiger partial charge in [-0.1, -0.05) is 39.2 Å². The van der Waals surface area contributed by atoms with Crippen molar-refractivity contribution < 1.29 is 19.1 Å². The largest absolute Gasteiger partial charge is 0.421 e. The highest BCUT2D eigenvalue weighted by atomic mass is 16.7. The maximum Gasteiger partial charge on any atom is 0.305 e. The molecule has 0 saturated carbocycles. The minimum Gasteiger partial charge on any atom is -0.421 e. The predicted octanol–water partition coefficient (Wildman–Crippen LogP) is 3.75. The van der Waals surface area contributed by atoms with Gasteiger partial charge in [-0.2, -0.15) is 0 Å². The fourth-order valence-electron chi connectivity index (χ4n) is 1.76. The third kappa shape index (κ3) is 9.28. The molecule has 0 spiro atoms. The van der Waals surface area contributed by atoms with Crippen LogP contribution in [0.15, 0.2) is 11.6 Å². The lowest BCUT2D eigenvalue weighted by atomic mass is 10.1. The smallest absolute Gasteiger partial charge is 0.305 e. The van der Waals surface area contributed by atoms with Crippen LogP contribution in [0.1, 0.15) is 66.2 Å². The molecule has 0 amide bonds. The average molecular weight is 270 g/mol. The minimum atomic E-state index is -0.864. The maximum atomic E-state index is 11.1. The van der Waals surface area contributed by atoms with Gasteiger partial charge in [-0.05, 0) is 19.3 Å². The highest BCUT2D eigenvalue weighted by Crippen LogP contribution is 2.17. The van der Waals surface area contributed by atoms with Gasteiger partial charge in [-0.3, -0.25) is 9.59 Å². The fourth-order valence-corrected chi connectivity index (χ4v) is 1.76. The molecule has 0 aromatic carbocycles. The molecule has 0 aliphatic heterocycles. The lowest BCUT2D eigenvalue weighted by Crippen LogP contribution is -2.24. The van der Waals surface area contributed by atoms with Crippen LogP contribution in [0.3, 0.4) is 0 Å². The number of hydrogen-bond acceptors (Lipinski definition) is 4. The zero-order valence-electron chi connectivity index (χ0n) is 12.5. The zero-order chi connectivity index (χ0) is 14.7. The summed E-state index contributed by atoms with van der Waals surface area (Å²) in [6.45, 7) is 6.82. The van der Waals surface area contributed by atoms with Gasteiger partial charge in [0.1, 0.15) is 0 Å². The van der Waals surface area contributed by atoms with Crippen molar-refractivity contribution in [3.05, 3.63) is 11.6 Å². The molecule has 0 rings (SSSR count). The standard InChI is InChI=1S/C15H26O4/c1-5-7-8-9-11-14(10-6-2)15(18-12(3)16)19-13(4)17/h11,15H,5-10H2,1-4H3. The monoisotopic (exact) mass is 270 g/mol. The van der Waals surface area contributed by atoms with Crippen molar-refractivity contribution in [3.63, 3.8) is 0 Å². The molecule has 0 atom stereocenters. The van der Waals surface area contributed by atoms with Crippen LogP contribution >= 0.6 is 0 Å². The Kier molecular flexibility index (Phi) is 9.85. The Balaban J connectivity index is 4.71. The van der Waals surface area contributed by atoms with Crippen LogP contribution in [0.25, 0.3) is 0 Å². The summed E-state index contributed by atoms with van der Waals surface area (Å²) in [7, 11) is 0. The van der Waals surface area contributed by atoms with Crippen molar-refractivity contribution in [1.29, 1.82) is 0 Å². The molecule has 0 bridgehead atoms. The first-order chi connectivity index (χ1) is 9.01. The van der Waals surface area contributed by atoms with Crippen LogP contribution in [0.5, 0.6) is 0 Å². The van der Waals surface area contributed by atoms with E-state index in [-0.39, 0.29) is 0 Å². The van der Waals surface area contributed by atoms with E-state index in [2.05, 4.69) is 6.92 Å². The lowest BCUT2D eigenvalue weighted by Gasteiger charge is -2.19. The van der Waals surface area contributed by atoms with Gasteiger partial charge in [0.15, 0.2) is 0 Å². The molecule has 0 aromatic rings. The quantitative estimate of drug-likeness (QED) is 0.277. The van der Waals surface area contributed by atoms with Crippen LogP contribution in [-0.2, 0) is 19.1 Å². The third-order valence-corrected chi connectivity index (χ3v) is 2.60. The van der Waals surface area contributed by atoms with Crippen LogP contribution in [-0.4, -0.2) is 18.2 Å². The van der Waals surface area contributed by atoms with E-state index in [1.54, 1.807) is 0 Å². The van der Waals surface area contributed by atoms with Gasteiger partial charge in [0.25, 0.3) is 6.29 Å². The van der Waals surface area contributed by atoms with Gasteiger partial charge in [0.05, 0.1) is 0 Å². The van der Waals surface area contributed by atoms with E-state index in [1.807, 2.05) is 13.0 Å².